The molecule has 0 aliphatic carbocycles. The summed E-state index contributed by atoms with van der Waals surface area (Å²) in [5.41, 5.74) is 0. The standard InChI is InChI=1S/C7H9ClN2OS/c1-12-3-2-11-7-5-9-4-6(8)10-7/h4-5H,2-3H2,1H3. The molecule has 5 heteroatoms. The monoisotopic (exact) mass is 204 g/mol. The summed E-state index contributed by atoms with van der Waals surface area (Å²) in [6.45, 7) is 0.635. The Labute approximate surface area is 80.5 Å². The number of hydrogen-bond donors (Lipinski definition) is 0. The van der Waals surface area contributed by atoms with Crippen LogP contribution >= 0.6 is 23.4 Å². The molecule has 12 heavy (non-hydrogen) atoms. The van der Waals surface area contributed by atoms with Gasteiger partial charge in [-0.3, -0.25) is 4.98 Å². The van der Waals surface area contributed by atoms with Crippen molar-refractivity contribution >= 4 is 23.4 Å². The highest BCUT2D eigenvalue weighted by Gasteiger charge is 1.95. The van der Waals surface area contributed by atoms with Crippen LogP contribution in [-0.2, 0) is 0 Å². The Kier molecular flexibility index (Phi) is 4.18. The summed E-state index contributed by atoms with van der Waals surface area (Å²) < 4.78 is 5.25. The van der Waals surface area contributed by atoms with Gasteiger partial charge in [0.05, 0.1) is 19.0 Å². The summed E-state index contributed by atoms with van der Waals surface area (Å²) in [6, 6.07) is 0. The minimum atomic E-state index is 0.358. The number of rotatable bonds is 4. The van der Waals surface area contributed by atoms with Gasteiger partial charge < -0.3 is 4.74 Å². The van der Waals surface area contributed by atoms with E-state index in [0.29, 0.717) is 17.6 Å². The van der Waals surface area contributed by atoms with Crippen LogP contribution in [0, 0.1) is 0 Å². The van der Waals surface area contributed by atoms with Crippen LogP contribution in [0.4, 0.5) is 0 Å². The fourth-order valence-electron chi connectivity index (χ4n) is 0.625. The molecule has 0 N–H and O–H groups in total. The maximum atomic E-state index is 5.60. The normalized spacial score (nSPS) is 9.83. The molecule has 1 heterocycles. The van der Waals surface area contributed by atoms with E-state index in [-0.39, 0.29) is 0 Å². The molecule has 0 fully saturated rings. The van der Waals surface area contributed by atoms with E-state index < -0.39 is 0 Å². The summed E-state index contributed by atoms with van der Waals surface area (Å²) in [7, 11) is 0. The van der Waals surface area contributed by atoms with Crippen LogP contribution in [0.2, 0.25) is 5.15 Å². The van der Waals surface area contributed by atoms with Crippen LogP contribution in [-0.4, -0.2) is 28.6 Å². The number of ether oxygens (including phenoxy) is 1. The topological polar surface area (TPSA) is 35.0 Å². The number of aromatic nitrogens is 2. The molecule has 1 aromatic heterocycles. The SMILES string of the molecule is CSCCOc1cncc(Cl)n1. The van der Waals surface area contributed by atoms with E-state index in [2.05, 4.69) is 9.97 Å². The highest BCUT2D eigenvalue weighted by Crippen LogP contribution is 2.08. The quantitative estimate of drug-likeness (QED) is 0.702. The zero-order valence-electron chi connectivity index (χ0n) is 6.66. The summed E-state index contributed by atoms with van der Waals surface area (Å²) >= 11 is 7.32. The van der Waals surface area contributed by atoms with E-state index >= 15 is 0 Å². The lowest BCUT2D eigenvalue weighted by atomic mass is 10.7. The predicted octanol–water partition coefficient (Wildman–Crippen LogP) is 1.87. The Hall–Kier alpha value is -0.480. The molecule has 0 saturated carbocycles. The van der Waals surface area contributed by atoms with Crippen molar-refractivity contribution in [3.8, 4) is 5.88 Å². The minimum absolute atomic E-state index is 0.358. The zero-order chi connectivity index (χ0) is 8.81. The van der Waals surface area contributed by atoms with Gasteiger partial charge >= 0.3 is 0 Å². The summed E-state index contributed by atoms with van der Waals surface area (Å²) in [4.78, 5) is 7.75. The largest absolute Gasteiger partial charge is 0.476 e. The number of halogens is 1. The smallest absolute Gasteiger partial charge is 0.233 e. The van der Waals surface area contributed by atoms with E-state index in [1.807, 2.05) is 6.26 Å². The van der Waals surface area contributed by atoms with Crippen LogP contribution in [0.15, 0.2) is 12.4 Å². The van der Waals surface area contributed by atoms with Gasteiger partial charge in [0.15, 0.2) is 5.15 Å². The molecule has 1 aromatic rings. The second-order valence-electron chi connectivity index (χ2n) is 2.02. The van der Waals surface area contributed by atoms with Gasteiger partial charge in [0, 0.05) is 5.75 Å². The van der Waals surface area contributed by atoms with Gasteiger partial charge in [0.25, 0.3) is 0 Å². The third-order valence-corrected chi connectivity index (χ3v) is 1.88. The highest BCUT2D eigenvalue weighted by atomic mass is 35.5. The van der Waals surface area contributed by atoms with Crippen molar-refractivity contribution in [3.05, 3.63) is 17.5 Å². The van der Waals surface area contributed by atoms with Crippen molar-refractivity contribution in [1.29, 1.82) is 0 Å². The molecule has 0 amide bonds. The van der Waals surface area contributed by atoms with Gasteiger partial charge in [-0.1, -0.05) is 11.6 Å². The zero-order valence-corrected chi connectivity index (χ0v) is 8.23. The lowest BCUT2D eigenvalue weighted by Gasteiger charge is -2.02. The van der Waals surface area contributed by atoms with Gasteiger partial charge in [-0.2, -0.15) is 16.7 Å². The molecule has 0 unspecified atom stereocenters. The van der Waals surface area contributed by atoms with Crippen LogP contribution in [0.25, 0.3) is 0 Å². The predicted molar refractivity (Wildman–Crippen MR) is 50.9 cm³/mol. The molecule has 0 radical (unpaired) electrons. The van der Waals surface area contributed by atoms with Crippen LogP contribution in [0.5, 0.6) is 5.88 Å². The molecule has 0 aliphatic heterocycles. The average molecular weight is 205 g/mol. The number of nitrogens with zero attached hydrogens (tertiary/aromatic N) is 2. The van der Waals surface area contributed by atoms with Crippen LogP contribution < -0.4 is 4.74 Å². The molecule has 1 rings (SSSR count). The summed E-state index contributed by atoms with van der Waals surface area (Å²) in [5.74, 6) is 1.42. The number of hydrogen-bond acceptors (Lipinski definition) is 4. The van der Waals surface area contributed by atoms with Crippen molar-refractivity contribution in [3.63, 3.8) is 0 Å². The van der Waals surface area contributed by atoms with Crippen molar-refractivity contribution < 1.29 is 4.74 Å². The van der Waals surface area contributed by atoms with Gasteiger partial charge in [0.2, 0.25) is 5.88 Å². The Morgan fingerprint density at radius 3 is 3.08 bits per heavy atom. The molecule has 0 aromatic carbocycles. The Morgan fingerprint density at radius 2 is 2.42 bits per heavy atom. The van der Waals surface area contributed by atoms with E-state index in [1.54, 1.807) is 18.0 Å². The summed E-state index contributed by atoms with van der Waals surface area (Å²) in [5, 5.41) is 0.358. The first-order chi connectivity index (χ1) is 5.83. The van der Waals surface area contributed by atoms with Crippen LogP contribution in [0.1, 0.15) is 0 Å². The van der Waals surface area contributed by atoms with Crippen molar-refractivity contribution in [2.24, 2.45) is 0 Å². The Bertz CT molecular complexity index is 247. The Balaban J connectivity index is 2.41. The minimum Gasteiger partial charge on any atom is -0.476 e. The third kappa shape index (κ3) is 3.28. The summed E-state index contributed by atoms with van der Waals surface area (Å²) in [6.07, 6.45) is 5.04. The fourth-order valence-corrected chi connectivity index (χ4v) is 1.01. The van der Waals surface area contributed by atoms with E-state index in [0.717, 1.165) is 5.75 Å². The maximum absolute atomic E-state index is 5.60. The second kappa shape index (κ2) is 5.22. The molecule has 0 aliphatic rings. The van der Waals surface area contributed by atoms with Crippen molar-refractivity contribution in [2.45, 2.75) is 0 Å². The average Bonchev–Trinajstić information content (AvgIpc) is 2.05. The lowest BCUT2D eigenvalue weighted by Crippen LogP contribution is -2.01. The molecule has 3 nitrogen and oxygen atoms in total. The van der Waals surface area contributed by atoms with Crippen molar-refractivity contribution in [1.82, 2.24) is 9.97 Å². The molecule has 0 atom stereocenters. The van der Waals surface area contributed by atoms with Gasteiger partial charge in [-0.05, 0) is 6.26 Å². The van der Waals surface area contributed by atoms with Crippen LogP contribution in [0.3, 0.4) is 0 Å². The van der Waals surface area contributed by atoms with Gasteiger partial charge in [-0.15, -0.1) is 0 Å². The first-order valence-corrected chi connectivity index (χ1v) is 5.19. The first kappa shape index (κ1) is 9.61. The lowest BCUT2D eigenvalue weighted by molar-refractivity contribution is 0.329. The molecule has 66 valence electrons. The molecule has 0 spiro atoms. The van der Waals surface area contributed by atoms with Gasteiger partial charge in [-0.25, -0.2) is 0 Å². The van der Waals surface area contributed by atoms with E-state index in [9.17, 15) is 0 Å². The van der Waals surface area contributed by atoms with E-state index in [4.69, 9.17) is 16.3 Å². The Morgan fingerprint density at radius 1 is 1.58 bits per heavy atom. The fraction of sp³-hybridized carbons (Fsp3) is 0.429. The third-order valence-electron chi connectivity index (χ3n) is 1.12. The maximum Gasteiger partial charge on any atom is 0.233 e. The number of thioether (sulfide) groups is 1. The second-order valence-corrected chi connectivity index (χ2v) is 3.39. The molecular weight excluding hydrogens is 196 g/mol. The molecule has 0 bridgehead atoms. The van der Waals surface area contributed by atoms with E-state index in [1.165, 1.54) is 6.20 Å². The van der Waals surface area contributed by atoms with Crippen molar-refractivity contribution in [2.75, 3.05) is 18.6 Å². The molecular formula is C7H9ClN2OS. The molecule has 0 saturated heterocycles. The first-order valence-electron chi connectivity index (χ1n) is 3.42. The highest BCUT2D eigenvalue weighted by molar-refractivity contribution is 7.98. The van der Waals surface area contributed by atoms with Gasteiger partial charge in [0.1, 0.15) is 0 Å².